The van der Waals surface area contributed by atoms with E-state index in [4.69, 9.17) is 14.6 Å². The predicted molar refractivity (Wildman–Crippen MR) is 136 cm³/mol. The number of carboxylic acid groups (broad SMARTS) is 1. The highest BCUT2D eigenvalue weighted by Gasteiger charge is 2.29. The maximum absolute atomic E-state index is 10.5. The Labute approximate surface area is 214 Å². The average Bonchev–Trinajstić information content (AvgIpc) is 2.88. The van der Waals surface area contributed by atoms with Crippen LogP contribution in [-0.2, 0) is 15.7 Å². The smallest absolute Gasteiger partial charge is 0.430 e. The van der Waals surface area contributed by atoms with E-state index in [1.54, 1.807) is 0 Å². The highest BCUT2D eigenvalue weighted by atomic mass is 32.2. The Balaban J connectivity index is 0.000000572. The van der Waals surface area contributed by atoms with Gasteiger partial charge in [-0.15, -0.1) is 0 Å². The molecule has 0 spiro atoms. The molecule has 0 aliphatic heterocycles. The quantitative estimate of drug-likeness (QED) is 0.188. The molecule has 3 aromatic carbocycles. The molecule has 36 heavy (non-hydrogen) atoms. The molecule has 3 aromatic rings. The van der Waals surface area contributed by atoms with Gasteiger partial charge in [-0.3, -0.25) is 0 Å². The molecule has 0 aromatic heterocycles. The van der Waals surface area contributed by atoms with Crippen LogP contribution in [0.15, 0.2) is 99.6 Å². The molecule has 3 rings (SSSR count). The normalized spacial score (nSPS) is 11.0. The van der Waals surface area contributed by atoms with Crippen LogP contribution in [0.2, 0.25) is 0 Å². The fourth-order valence-corrected chi connectivity index (χ4v) is 5.53. The summed E-state index contributed by atoms with van der Waals surface area (Å²) in [6, 6.07) is 30.3. The van der Waals surface area contributed by atoms with E-state index in [1.165, 1.54) is 53.2 Å². The summed E-state index contributed by atoms with van der Waals surface area (Å²) in [6.45, 7) is 3.08. The van der Waals surface area contributed by atoms with Crippen LogP contribution in [0.3, 0.4) is 0 Å². The lowest BCUT2D eigenvalue weighted by Crippen LogP contribution is -2.37. The van der Waals surface area contributed by atoms with Gasteiger partial charge >= 0.3 is 6.18 Å². The lowest BCUT2D eigenvalue weighted by molar-refractivity contribution is -0.344. The Hall–Kier alpha value is -2.93. The monoisotopic (exact) mass is 518 g/mol. The summed E-state index contributed by atoms with van der Waals surface area (Å²) >= 11 is 0. The van der Waals surface area contributed by atoms with Crippen molar-refractivity contribution in [3.8, 4) is 5.75 Å². The summed E-state index contributed by atoms with van der Waals surface area (Å²) in [4.78, 5) is 12.8. The molecule has 0 atom stereocenters. The molecule has 0 aliphatic carbocycles. The molecule has 0 fully saturated rings. The van der Waals surface area contributed by atoms with Crippen LogP contribution in [0.4, 0.5) is 13.2 Å². The summed E-state index contributed by atoms with van der Waals surface area (Å²) in [5.41, 5.74) is 0. The topological polar surface area (TPSA) is 49.4 Å². The van der Waals surface area contributed by atoms with Crippen LogP contribution in [0, 0.1) is 0 Å². The van der Waals surface area contributed by atoms with Gasteiger partial charge in [-0.2, -0.15) is 13.2 Å². The molecule has 7 heteroatoms. The van der Waals surface area contributed by atoms with E-state index in [0.29, 0.717) is 0 Å². The first-order chi connectivity index (χ1) is 17.3. The van der Waals surface area contributed by atoms with Gasteiger partial charge < -0.3 is 14.6 Å². The summed E-state index contributed by atoms with van der Waals surface area (Å²) in [7, 11) is -0.0915. The Morgan fingerprint density at radius 3 is 1.58 bits per heavy atom. The second kappa shape index (κ2) is 15.9. The van der Waals surface area contributed by atoms with Gasteiger partial charge in [-0.25, -0.2) is 0 Å². The standard InChI is InChI=1S/C27H33OS.C2HF3O2/c1-2-3-4-5-6-7-14-23-28-24-19-21-27(22-20-24)29(25-15-10-8-11-16-25)26-17-12-9-13-18-26;3-2(4,5)1(6)7/h8-13,15-22H,2-7,14,23H2,1H3;(H,6,7)/q+1;/p-1. The van der Waals surface area contributed by atoms with Crippen molar-refractivity contribution in [2.75, 3.05) is 6.61 Å². The third kappa shape index (κ3) is 10.8. The second-order valence-corrected chi connectivity index (χ2v) is 10.2. The summed E-state index contributed by atoms with van der Waals surface area (Å²) < 4.78 is 37.5. The lowest BCUT2D eigenvalue weighted by atomic mass is 10.1. The van der Waals surface area contributed by atoms with Crippen molar-refractivity contribution in [3.05, 3.63) is 84.9 Å². The molecule has 0 aliphatic rings. The molecule has 0 N–H and O–H groups in total. The van der Waals surface area contributed by atoms with Crippen LogP contribution in [0.5, 0.6) is 5.75 Å². The van der Waals surface area contributed by atoms with Crippen molar-refractivity contribution in [1.82, 2.24) is 0 Å². The third-order valence-electron chi connectivity index (χ3n) is 5.27. The summed E-state index contributed by atoms with van der Waals surface area (Å²) in [5.74, 6) is -2.03. The molecule has 194 valence electrons. The van der Waals surface area contributed by atoms with Gasteiger partial charge in [0.1, 0.15) is 11.7 Å². The first-order valence-corrected chi connectivity index (χ1v) is 13.4. The predicted octanol–water partition coefficient (Wildman–Crippen LogP) is 7.21. The summed E-state index contributed by atoms with van der Waals surface area (Å²) in [6.07, 6.45) is 3.98. The van der Waals surface area contributed by atoms with Gasteiger partial charge in [0.05, 0.1) is 17.5 Å². The second-order valence-electron chi connectivity index (χ2n) is 8.16. The Bertz CT molecular complexity index is 954. The number of halogens is 3. The van der Waals surface area contributed by atoms with Crippen molar-refractivity contribution in [1.29, 1.82) is 0 Å². The van der Waals surface area contributed by atoms with Gasteiger partial charge in [0.2, 0.25) is 0 Å². The van der Waals surface area contributed by atoms with E-state index in [2.05, 4.69) is 91.9 Å². The number of carbonyl (C=O) groups is 1. The number of aliphatic carboxylic acids is 1. The number of hydrogen-bond acceptors (Lipinski definition) is 3. The van der Waals surface area contributed by atoms with E-state index in [1.807, 2.05) is 0 Å². The minimum Gasteiger partial charge on any atom is -0.542 e. The Morgan fingerprint density at radius 1 is 0.722 bits per heavy atom. The minimum atomic E-state index is -5.19. The van der Waals surface area contributed by atoms with Crippen molar-refractivity contribution in [3.63, 3.8) is 0 Å². The number of unbranched alkanes of at least 4 members (excludes halogenated alkanes) is 6. The average molecular weight is 519 g/mol. The molecule has 0 heterocycles. The number of carbonyl (C=O) groups excluding carboxylic acids is 1. The Morgan fingerprint density at radius 2 is 1.14 bits per heavy atom. The van der Waals surface area contributed by atoms with E-state index in [9.17, 15) is 13.2 Å². The van der Waals surface area contributed by atoms with Crippen molar-refractivity contribution in [2.24, 2.45) is 0 Å². The number of ether oxygens (including phenoxy) is 1. The van der Waals surface area contributed by atoms with Gasteiger partial charge in [0.25, 0.3) is 0 Å². The van der Waals surface area contributed by atoms with Crippen LogP contribution in [0.1, 0.15) is 51.9 Å². The SMILES string of the molecule is CCCCCCCCCOc1ccc([S+](c2ccccc2)c2ccccc2)cc1.O=C([O-])C(F)(F)F. The van der Waals surface area contributed by atoms with Gasteiger partial charge in [0.15, 0.2) is 14.7 Å². The highest BCUT2D eigenvalue weighted by Crippen LogP contribution is 2.31. The van der Waals surface area contributed by atoms with Crippen LogP contribution < -0.4 is 9.84 Å². The number of hydrogen-bond donors (Lipinski definition) is 0. The number of benzene rings is 3. The van der Waals surface area contributed by atoms with Gasteiger partial charge in [-0.1, -0.05) is 81.8 Å². The number of rotatable bonds is 12. The molecule has 0 radical (unpaired) electrons. The number of alkyl halides is 3. The fraction of sp³-hybridized carbons (Fsp3) is 0.345. The van der Waals surface area contributed by atoms with Gasteiger partial charge in [0, 0.05) is 0 Å². The largest absolute Gasteiger partial charge is 0.542 e. The van der Waals surface area contributed by atoms with Crippen LogP contribution in [0.25, 0.3) is 0 Å². The Kier molecular flexibility index (Phi) is 13.0. The molecule has 3 nitrogen and oxygen atoms in total. The molecule has 0 saturated heterocycles. The summed E-state index contributed by atoms with van der Waals surface area (Å²) in [5, 5.41) is 8.78. The van der Waals surface area contributed by atoms with Crippen molar-refractivity contribution >= 4 is 16.9 Å². The molecule has 0 bridgehead atoms. The zero-order valence-corrected chi connectivity index (χ0v) is 21.3. The maximum Gasteiger partial charge on any atom is 0.430 e. The molecular weight excluding hydrogens is 485 g/mol. The van der Waals surface area contributed by atoms with Crippen molar-refractivity contribution in [2.45, 2.75) is 72.7 Å². The van der Waals surface area contributed by atoms with Crippen LogP contribution in [-0.4, -0.2) is 18.8 Å². The van der Waals surface area contributed by atoms with E-state index >= 15 is 0 Å². The highest BCUT2D eigenvalue weighted by molar-refractivity contribution is 7.97. The maximum atomic E-state index is 10.5. The van der Waals surface area contributed by atoms with E-state index < -0.39 is 12.1 Å². The van der Waals surface area contributed by atoms with E-state index in [0.717, 1.165) is 18.8 Å². The molecule has 0 unspecified atom stereocenters. The number of carboxylic acids is 1. The van der Waals surface area contributed by atoms with Crippen molar-refractivity contribution < 1.29 is 27.8 Å². The van der Waals surface area contributed by atoms with E-state index in [-0.39, 0.29) is 10.9 Å². The first kappa shape index (κ1) is 29.3. The molecule has 0 saturated carbocycles. The van der Waals surface area contributed by atoms with Crippen LogP contribution >= 0.6 is 0 Å². The fourth-order valence-electron chi connectivity index (χ4n) is 3.44. The first-order valence-electron chi connectivity index (χ1n) is 12.2. The zero-order valence-electron chi connectivity index (χ0n) is 20.5. The molecular formula is C29H33F3O3S. The minimum absolute atomic E-state index is 0.0915. The lowest BCUT2D eigenvalue weighted by Gasteiger charge is -2.09. The zero-order chi connectivity index (χ0) is 26.2. The third-order valence-corrected chi connectivity index (χ3v) is 7.50. The van der Waals surface area contributed by atoms with Gasteiger partial charge in [-0.05, 0) is 55.0 Å². The molecule has 0 amide bonds.